The average Bonchev–Trinajstić information content (AvgIpc) is 2.63. The molecule has 3 rings (SSSR count). The van der Waals surface area contributed by atoms with Crippen molar-refractivity contribution in [1.82, 2.24) is 4.90 Å². The van der Waals surface area contributed by atoms with E-state index in [4.69, 9.17) is 0 Å². The Morgan fingerprint density at radius 3 is 2.40 bits per heavy atom. The Hall–Kier alpha value is -1.30. The smallest absolute Gasteiger partial charge is 0.306 e. The van der Waals surface area contributed by atoms with Crippen molar-refractivity contribution in [3.63, 3.8) is 0 Å². The van der Waals surface area contributed by atoms with E-state index in [9.17, 15) is 9.90 Å². The number of benzene rings is 2. The van der Waals surface area contributed by atoms with Crippen LogP contribution in [0.25, 0.3) is 0 Å². The van der Waals surface area contributed by atoms with Crippen LogP contribution < -0.4 is 0 Å². The van der Waals surface area contributed by atoms with Crippen LogP contribution in [0.15, 0.2) is 57.9 Å². The predicted octanol–water partition coefficient (Wildman–Crippen LogP) is 5.06. The fourth-order valence-electron chi connectivity index (χ4n) is 3.48. The summed E-state index contributed by atoms with van der Waals surface area (Å²) in [6, 6.07) is 17.3. The lowest BCUT2D eigenvalue weighted by Gasteiger charge is -2.37. The molecular formula is C20H22BrNO2S. The minimum atomic E-state index is -0.664. The van der Waals surface area contributed by atoms with Crippen molar-refractivity contribution >= 4 is 33.7 Å². The van der Waals surface area contributed by atoms with Crippen molar-refractivity contribution in [2.24, 2.45) is 5.92 Å². The molecule has 1 heterocycles. The van der Waals surface area contributed by atoms with Crippen molar-refractivity contribution < 1.29 is 9.90 Å². The van der Waals surface area contributed by atoms with Crippen molar-refractivity contribution in [3.8, 4) is 0 Å². The molecule has 1 saturated heterocycles. The van der Waals surface area contributed by atoms with Gasteiger partial charge in [-0.25, -0.2) is 0 Å². The van der Waals surface area contributed by atoms with E-state index in [1.54, 1.807) is 11.8 Å². The number of carbonyl (C=O) groups is 1. The lowest BCUT2D eigenvalue weighted by Crippen LogP contribution is -2.39. The van der Waals surface area contributed by atoms with E-state index in [1.165, 1.54) is 16.0 Å². The molecule has 132 valence electrons. The summed E-state index contributed by atoms with van der Waals surface area (Å²) in [6.07, 6.45) is 3.50. The van der Waals surface area contributed by atoms with E-state index in [0.717, 1.165) is 17.6 Å². The number of carboxylic acids is 1. The number of rotatable bonds is 5. The van der Waals surface area contributed by atoms with Crippen LogP contribution in [-0.2, 0) is 4.79 Å². The molecule has 0 spiro atoms. The minimum Gasteiger partial charge on any atom is -0.481 e. The highest BCUT2D eigenvalue weighted by atomic mass is 79.9. The first kappa shape index (κ1) is 18.5. The fourth-order valence-corrected chi connectivity index (χ4v) is 4.31. The molecule has 1 fully saturated rings. The second-order valence-corrected chi connectivity index (χ2v) is 8.17. The van der Waals surface area contributed by atoms with Crippen LogP contribution in [0, 0.1) is 5.92 Å². The van der Waals surface area contributed by atoms with Crippen molar-refractivity contribution in [2.45, 2.75) is 23.8 Å². The van der Waals surface area contributed by atoms with Crippen LogP contribution >= 0.6 is 27.7 Å². The van der Waals surface area contributed by atoms with Gasteiger partial charge in [0.05, 0.1) is 12.0 Å². The van der Waals surface area contributed by atoms with Gasteiger partial charge in [-0.15, -0.1) is 11.8 Å². The molecule has 5 heteroatoms. The molecule has 2 aromatic rings. The molecule has 0 aliphatic carbocycles. The van der Waals surface area contributed by atoms with Crippen LogP contribution in [-0.4, -0.2) is 35.3 Å². The lowest BCUT2D eigenvalue weighted by molar-refractivity contribution is -0.143. The SMILES string of the molecule is CSc1ccc(C(c2cccc(Br)c2)N2CCC(C(=O)O)CC2)cc1. The molecule has 0 aromatic heterocycles. The number of halogens is 1. The van der Waals surface area contributed by atoms with E-state index >= 15 is 0 Å². The number of hydrogen-bond donors (Lipinski definition) is 1. The molecule has 2 aromatic carbocycles. The first-order valence-corrected chi connectivity index (χ1v) is 10.5. The Kier molecular flexibility index (Phi) is 6.20. The molecule has 1 N–H and O–H groups in total. The summed E-state index contributed by atoms with van der Waals surface area (Å²) in [4.78, 5) is 14.9. The molecule has 0 amide bonds. The Bertz CT molecular complexity index is 727. The third-order valence-electron chi connectivity index (χ3n) is 4.84. The number of piperidine rings is 1. The Labute approximate surface area is 161 Å². The zero-order chi connectivity index (χ0) is 17.8. The Morgan fingerprint density at radius 1 is 1.16 bits per heavy atom. The van der Waals surface area contributed by atoms with Gasteiger partial charge in [0, 0.05) is 9.37 Å². The van der Waals surface area contributed by atoms with Gasteiger partial charge in [0.15, 0.2) is 0 Å². The molecule has 3 nitrogen and oxygen atoms in total. The molecule has 1 atom stereocenters. The highest BCUT2D eigenvalue weighted by Crippen LogP contribution is 2.34. The highest BCUT2D eigenvalue weighted by molar-refractivity contribution is 9.10. The number of thioether (sulfide) groups is 1. The molecule has 0 bridgehead atoms. The van der Waals surface area contributed by atoms with Gasteiger partial charge in [-0.1, -0.05) is 40.2 Å². The maximum Gasteiger partial charge on any atom is 0.306 e. The first-order valence-electron chi connectivity index (χ1n) is 8.44. The average molecular weight is 420 g/mol. The molecular weight excluding hydrogens is 398 g/mol. The van der Waals surface area contributed by atoms with Gasteiger partial charge in [0.2, 0.25) is 0 Å². The molecule has 1 aliphatic heterocycles. The third-order valence-corrected chi connectivity index (χ3v) is 6.08. The zero-order valence-corrected chi connectivity index (χ0v) is 16.6. The number of carboxylic acid groups (broad SMARTS) is 1. The van der Waals surface area contributed by atoms with E-state index in [-0.39, 0.29) is 12.0 Å². The maximum absolute atomic E-state index is 11.3. The van der Waals surface area contributed by atoms with E-state index < -0.39 is 5.97 Å². The first-order chi connectivity index (χ1) is 12.1. The maximum atomic E-state index is 11.3. The summed E-state index contributed by atoms with van der Waals surface area (Å²) in [5.41, 5.74) is 2.49. The molecule has 0 radical (unpaired) electrons. The third kappa shape index (κ3) is 4.46. The monoisotopic (exact) mass is 419 g/mol. The standard InChI is InChI=1S/C20H22BrNO2S/c1-25-18-7-5-14(6-8-18)19(16-3-2-4-17(21)13-16)22-11-9-15(10-12-22)20(23)24/h2-8,13,15,19H,9-12H2,1H3,(H,23,24). The largest absolute Gasteiger partial charge is 0.481 e. The summed E-state index contributed by atoms with van der Waals surface area (Å²) < 4.78 is 1.07. The van der Waals surface area contributed by atoms with Gasteiger partial charge in [0.1, 0.15) is 0 Å². The fraction of sp³-hybridized carbons (Fsp3) is 0.350. The van der Waals surface area contributed by atoms with Crippen molar-refractivity contribution in [1.29, 1.82) is 0 Å². The highest BCUT2D eigenvalue weighted by Gasteiger charge is 2.30. The summed E-state index contributed by atoms with van der Waals surface area (Å²) in [5, 5.41) is 9.26. The van der Waals surface area contributed by atoms with Gasteiger partial charge in [-0.2, -0.15) is 0 Å². The number of aliphatic carboxylic acids is 1. The Morgan fingerprint density at radius 2 is 1.84 bits per heavy atom. The van der Waals surface area contributed by atoms with E-state index in [2.05, 4.69) is 69.6 Å². The summed E-state index contributed by atoms with van der Waals surface area (Å²) >= 11 is 5.32. The molecule has 1 aliphatic rings. The lowest BCUT2D eigenvalue weighted by atomic mass is 9.91. The minimum absolute atomic E-state index is 0.156. The number of nitrogens with zero attached hydrogens (tertiary/aromatic N) is 1. The van der Waals surface area contributed by atoms with Gasteiger partial charge in [0.25, 0.3) is 0 Å². The molecule has 25 heavy (non-hydrogen) atoms. The van der Waals surface area contributed by atoms with E-state index in [0.29, 0.717) is 12.8 Å². The van der Waals surface area contributed by atoms with Gasteiger partial charge in [-0.05, 0) is 67.6 Å². The van der Waals surface area contributed by atoms with Crippen molar-refractivity contribution in [3.05, 3.63) is 64.1 Å². The van der Waals surface area contributed by atoms with Gasteiger partial charge in [-0.3, -0.25) is 9.69 Å². The Balaban J connectivity index is 1.90. The topological polar surface area (TPSA) is 40.5 Å². The second kappa shape index (κ2) is 8.39. The summed E-state index contributed by atoms with van der Waals surface area (Å²) in [5.74, 6) is -0.874. The summed E-state index contributed by atoms with van der Waals surface area (Å²) in [6.45, 7) is 1.61. The molecule has 1 unspecified atom stereocenters. The van der Waals surface area contributed by atoms with Crippen LogP contribution in [0.2, 0.25) is 0 Å². The number of likely N-dealkylation sites (tertiary alicyclic amines) is 1. The van der Waals surface area contributed by atoms with Gasteiger partial charge >= 0.3 is 5.97 Å². The van der Waals surface area contributed by atoms with Crippen molar-refractivity contribution in [2.75, 3.05) is 19.3 Å². The quantitative estimate of drug-likeness (QED) is 0.687. The normalized spacial score (nSPS) is 17.4. The zero-order valence-electron chi connectivity index (χ0n) is 14.2. The number of hydrogen-bond acceptors (Lipinski definition) is 3. The van der Waals surface area contributed by atoms with Crippen LogP contribution in [0.1, 0.15) is 30.0 Å². The predicted molar refractivity (Wildman–Crippen MR) is 106 cm³/mol. The second-order valence-electron chi connectivity index (χ2n) is 6.38. The van der Waals surface area contributed by atoms with Gasteiger partial charge < -0.3 is 5.11 Å². The van der Waals surface area contributed by atoms with Crippen LogP contribution in [0.4, 0.5) is 0 Å². The molecule has 0 saturated carbocycles. The van der Waals surface area contributed by atoms with E-state index in [1.807, 2.05) is 6.07 Å². The van der Waals surface area contributed by atoms with Crippen LogP contribution in [0.5, 0.6) is 0 Å². The summed E-state index contributed by atoms with van der Waals surface area (Å²) in [7, 11) is 0. The van der Waals surface area contributed by atoms with Crippen LogP contribution in [0.3, 0.4) is 0 Å².